The maximum Gasteiger partial charge on any atom is 0.469 e. The van der Waals surface area contributed by atoms with Gasteiger partial charge in [-0.2, -0.15) is 0 Å². The largest absolute Gasteiger partial charge is 0.469 e. The summed E-state index contributed by atoms with van der Waals surface area (Å²) >= 11 is 0. The zero-order valence-corrected chi connectivity index (χ0v) is 12.6. The Hall–Kier alpha value is -1.25. The first-order chi connectivity index (χ1) is 9.78. The molecule has 10 heteroatoms. The van der Waals surface area contributed by atoms with Gasteiger partial charge < -0.3 is 19.8 Å². The standard InChI is InChI=1S/C11H19N2O7P/c1-8-6-9(7-19-21(16,17)18)20-10(8)13(4-3-5-14)11(15)12-2/h3-5,8-10H,6-7H2,1-2H3,(H,12,15)(H2,16,17,18)/b4-3-. The van der Waals surface area contributed by atoms with Crippen molar-refractivity contribution in [2.45, 2.75) is 25.7 Å². The Morgan fingerprint density at radius 3 is 2.76 bits per heavy atom. The van der Waals surface area contributed by atoms with E-state index < -0.39 is 26.2 Å². The average Bonchev–Trinajstić information content (AvgIpc) is 2.77. The van der Waals surface area contributed by atoms with Crippen LogP contribution in [0.25, 0.3) is 0 Å². The molecule has 0 saturated carbocycles. The lowest BCUT2D eigenvalue weighted by Crippen LogP contribution is -2.44. The summed E-state index contributed by atoms with van der Waals surface area (Å²) in [5.74, 6) is -0.0935. The minimum Gasteiger partial charge on any atom is -0.352 e. The van der Waals surface area contributed by atoms with Crippen LogP contribution < -0.4 is 5.32 Å². The number of amides is 2. The Morgan fingerprint density at radius 2 is 2.24 bits per heavy atom. The number of nitrogens with one attached hydrogen (secondary N) is 1. The number of phosphoric ester groups is 1. The number of urea groups is 1. The highest BCUT2D eigenvalue weighted by atomic mass is 31.2. The summed E-state index contributed by atoms with van der Waals surface area (Å²) in [6.07, 6.45) is 2.25. The van der Waals surface area contributed by atoms with Crippen LogP contribution >= 0.6 is 7.82 Å². The molecule has 0 aliphatic carbocycles. The van der Waals surface area contributed by atoms with E-state index in [-0.39, 0.29) is 12.5 Å². The van der Waals surface area contributed by atoms with Gasteiger partial charge in [-0.1, -0.05) is 6.92 Å². The molecule has 1 rings (SSSR count). The molecule has 1 aliphatic heterocycles. The highest BCUT2D eigenvalue weighted by Gasteiger charge is 2.38. The highest BCUT2D eigenvalue weighted by Crippen LogP contribution is 2.38. The van der Waals surface area contributed by atoms with E-state index in [2.05, 4.69) is 9.84 Å². The zero-order chi connectivity index (χ0) is 16.0. The van der Waals surface area contributed by atoms with Crippen molar-refractivity contribution in [1.82, 2.24) is 10.2 Å². The summed E-state index contributed by atoms with van der Waals surface area (Å²) in [7, 11) is -3.11. The number of rotatable bonds is 6. The maximum absolute atomic E-state index is 11.8. The number of hydrogen-bond acceptors (Lipinski definition) is 5. The molecular formula is C11H19N2O7P. The number of ether oxygens (including phenoxy) is 1. The third kappa shape index (κ3) is 5.56. The van der Waals surface area contributed by atoms with Crippen LogP contribution in [0.1, 0.15) is 13.3 Å². The van der Waals surface area contributed by atoms with Crippen LogP contribution in [-0.2, 0) is 18.6 Å². The minimum atomic E-state index is -4.56. The Bertz CT molecular complexity index is 450. The highest BCUT2D eigenvalue weighted by molar-refractivity contribution is 7.46. The molecule has 1 fully saturated rings. The van der Waals surface area contributed by atoms with E-state index in [1.54, 1.807) is 0 Å². The smallest absolute Gasteiger partial charge is 0.352 e. The van der Waals surface area contributed by atoms with Gasteiger partial charge in [0.25, 0.3) is 0 Å². The second kappa shape index (κ2) is 7.67. The van der Waals surface area contributed by atoms with Gasteiger partial charge in [0.05, 0.1) is 12.7 Å². The van der Waals surface area contributed by atoms with Gasteiger partial charge in [-0.05, 0) is 12.5 Å². The van der Waals surface area contributed by atoms with Gasteiger partial charge in [0.2, 0.25) is 0 Å². The van der Waals surface area contributed by atoms with Crippen LogP contribution in [0.5, 0.6) is 0 Å². The summed E-state index contributed by atoms with van der Waals surface area (Å²) in [5, 5.41) is 2.43. The monoisotopic (exact) mass is 322 g/mol. The molecular weight excluding hydrogens is 303 g/mol. The van der Waals surface area contributed by atoms with Gasteiger partial charge in [-0.25, -0.2) is 9.36 Å². The van der Waals surface area contributed by atoms with Crippen LogP contribution in [0.2, 0.25) is 0 Å². The quantitative estimate of drug-likeness (QED) is 0.362. The van der Waals surface area contributed by atoms with Gasteiger partial charge in [0.1, 0.15) is 12.5 Å². The molecule has 120 valence electrons. The lowest BCUT2D eigenvalue weighted by molar-refractivity contribution is -0.104. The van der Waals surface area contributed by atoms with E-state index in [0.717, 1.165) is 6.08 Å². The van der Waals surface area contributed by atoms with Crippen molar-refractivity contribution in [2.24, 2.45) is 5.92 Å². The molecule has 2 amide bonds. The fourth-order valence-electron chi connectivity index (χ4n) is 2.07. The fourth-order valence-corrected chi connectivity index (χ4v) is 2.43. The number of phosphoric acid groups is 1. The van der Waals surface area contributed by atoms with E-state index in [4.69, 9.17) is 14.5 Å². The molecule has 1 heterocycles. The van der Waals surface area contributed by atoms with Crippen molar-refractivity contribution in [2.75, 3.05) is 13.7 Å². The number of nitrogens with zero attached hydrogens (tertiary/aromatic N) is 1. The predicted octanol–water partition coefficient (Wildman–Crippen LogP) is 0.201. The van der Waals surface area contributed by atoms with Crippen LogP contribution in [0.3, 0.4) is 0 Å². The second-order valence-electron chi connectivity index (χ2n) is 4.59. The van der Waals surface area contributed by atoms with E-state index in [9.17, 15) is 14.2 Å². The van der Waals surface area contributed by atoms with Crippen molar-refractivity contribution in [1.29, 1.82) is 0 Å². The van der Waals surface area contributed by atoms with Crippen LogP contribution in [0, 0.1) is 5.92 Å². The Morgan fingerprint density at radius 1 is 1.57 bits per heavy atom. The third-order valence-corrected chi connectivity index (χ3v) is 3.42. The topological polar surface area (TPSA) is 125 Å². The van der Waals surface area contributed by atoms with E-state index in [1.807, 2.05) is 6.92 Å². The summed E-state index contributed by atoms with van der Waals surface area (Å²) in [6, 6.07) is -0.457. The van der Waals surface area contributed by atoms with Crippen LogP contribution in [0.15, 0.2) is 12.3 Å². The molecule has 0 bridgehead atoms. The van der Waals surface area contributed by atoms with Gasteiger partial charge in [-0.15, -0.1) is 0 Å². The molecule has 0 aromatic rings. The number of carbonyl (C=O) groups is 2. The van der Waals surface area contributed by atoms with Gasteiger partial charge in [-0.3, -0.25) is 14.2 Å². The predicted molar refractivity (Wildman–Crippen MR) is 71.9 cm³/mol. The molecule has 21 heavy (non-hydrogen) atoms. The number of carbonyl (C=O) groups excluding carboxylic acids is 2. The lowest BCUT2D eigenvalue weighted by atomic mass is 10.1. The van der Waals surface area contributed by atoms with Crippen molar-refractivity contribution in [3.63, 3.8) is 0 Å². The Balaban J connectivity index is 2.72. The molecule has 3 N–H and O–H groups in total. The first-order valence-electron chi connectivity index (χ1n) is 6.26. The van der Waals surface area contributed by atoms with E-state index in [1.165, 1.54) is 18.1 Å². The summed E-state index contributed by atoms with van der Waals surface area (Å²) in [6.45, 7) is 1.55. The van der Waals surface area contributed by atoms with Gasteiger partial charge >= 0.3 is 13.9 Å². The SMILES string of the molecule is CNC(=O)N(/C=C\C=O)C1OC(COP(=O)(O)O)CC1C. The first-order valence-corrected chi connectivity index (χ1v) is 7.79. The van der Waals surface area contributed by atoms with E-state index in [0.29, 0.717) is 12.7 Å². The zero-order valence-electron chi connectivity index (χ0n) is 11.7. The number of allylic oxidation sites excluding steroid dienone is 1. The average molecular weight is 322 g/mol. The maximum atomic E-state index is 11.8. The molecule has 9 nitrogen and oxygen atoms in total. The molecule has 0 aromatic carbocycles. The summed E-state index contributed by atoms with van der Waals surface area (Å²) in [4.78, 5) is 40.7. The van der Waals surface area contributed by atoms with Crippen molar-refractivity contribution in [3.8, 4) is 0 Å². The van der Waals surface area contributed by atoms with Crippen molar-refractivity contribution in [3.05, 3.63) is 12.3 Å². The van der Waals surface area contributed by atoms with Crippen molar-refractivity contribution >= 4 is 20.1 Å². The number of aldehydes is 1. The molecule has 1 aliphatic rings. The van der Waals surface area contributed by atoms with Crippen LogP contribution in [0.4, 0.5) is 4.79 Å². The Labute approximate surface area is 122 Å². The summed E-state index contributed by atoms with van der Waals surface area (Å²) < 4.78 is 20.7. The molecule has 0 spiro atoms. The molecule has 0 aromatic heterocycles. The normalized spacial score (nSPS) is 26.0. The summed E-state index contributed by atoms with van der Waals surface area (Å²) in [5.41, 5.74) is 0. The lowest BCUT2D eigenvalue weighted by Gasteiger charge is -2.27. The first kappa shape index (κ1) is 17.8. The number of hydrogen-bond donors (Lipinski definition) is 3. The third-order valence-electron chi connectivity index (χ3n) is 2.93. The second-order valence-corrected chi connectivity index (χ2v) is 5.83. The minimum absolute atomic E-state index is 0.0935. The molecule has 3 atom stereocenters. The van der Waals surface area contributed by atoms with E-state index >= 15 is 0 Å². The van der Waals surface area contributed by atoms with Crippen LogP contribution in [-0.4, -0.2) is 53.0 Å². The fraction of sp³-hybridized carbons (Fsp3) is 0.636. The molecule has 1 saturated heterocycles. The molecule has 0 radical (unpaired) electrons. The molecule has 3 unspecified atom stereocenters. The Kier molecular flexibility index (Phi) is 6.50. The van der Waals surface area contributed by atoms with Gasteiger partial charge in [0.15, 0.2) is 0 Å². The van der Waals surface area contributed by atoms with Gasteiger partial charge in [0, 0.05) is 19.2 Å². The van der Waals surface area contributed by atoms with Crippen molar-refractivity contribution < 1.29 is 33.2 Å².